The zero-order valence-electron chi connectivity index (χ0n) is 11.5. The lowest BCUT2D eigenvalue weighted by Crippen LogP contribution is -2.15. The van der Waals surface area contributed by atoms with E-state index in [1.54, 1.807) is 12.1 Å². The van der Waals surface area contributed by atoms with Gasteiger partial charge >= 0.3 is 5.97 Å². The largest absolute Gasteiger partial charge is 0.504 e. The lowest BCUT2D eigenvalue weighted by atomic mass is 10.1. The molecule has 114 valence electrons. The van der Waals surface area contributed by atoms with E-state index in [9.17, 15) is 24.9 Å². The molecule has 2 aromatic carbocycles. The predicted octanol–water partition coefficient (Wildman–Crippen LogP) is 1.84. The number of carbonyl (C=O) groups is 2. The number of para-hydroxylation sites is 1. The Kier molecular flexibility index (Phi) is 4.17. The second-order valence-corrected chi connectivity index (χ2v) is 4.35. The van der Waals surface area contributed by atoms with E-state index in [4.69, 9.17) is 0 Å². The summed E-state index contributed by atoms with van der Waals surface area (Å²) in [6, 6.07) is 8.20. The maximum Gasteiger partial charge on any atom is 0.339 e. The number of hydrogen-bond acceptors (Lipinski definition) is 6. The molecule has 22 heavy (non-hydrogen) atoms. The van der Waals surface area contributed by atoms with Gasteiger partial charge in [-0.3, -0.25) is 4.79 Å². The van der Waals surface area contributed by atoms with Crippen molar-refractivity contribution in [2.24, 2.45) is 0 Å². The summed E-state index contributed by atoms with van der Waals surface area (Å²) < 4.78 is 4.61. The minimum Gasteiger partial charge on any atom is -0.504 e. The van der Waals surface area contributed by atoms with Crippen molar-refractivity contribution in [3.8, 4) is 17.2 Å². The third kappa shape index (κ3) is 2.93. The standard InChI is InChI=1S/C15H13NO6/c1-22-15(21)9-4-2-3-5-10(9)16-14(20)8-6-11(17)13(19)12(18)7-8/h2-7,17-19H,1H3,(H,16,20). The van der Waals surface area contributed by atoms with Gasteiger partial charge in [-0.15, -0.1) is 0 Å². The van der Waals surface area contributed by atoms with E-state index in [-0.39, 0.29) is 16.8 Å². The van der Waals surface area contributed by atoms with Crippen LogP contribution in [-0.4, -0.2) is 34.3 Å². The Balaban J connectivity index is 2.32. The number of methoxy groups -OCH3 is 1. The molecule has 2 aromatic rings. The highest BCUT2D eigenvalue weighted by Gasteiger charge is 2.17. The van der Waals surface area contributed by atoms with Gasteiger partial charge in [-0.1, -0.05) is 12.1 Å². The molecule has 0 fully saturated rings. The van der Waals surface area contributed by atoms with Gasteiger partial charge in [0.15, 0.2) is 17.2 Å². The third-order valence-corrected chi connectivity index (χ3v) is 2.91. The number of benzene rings is 2. The van der Waals surface area contributed by atoms with Crippen LogP contribution in [0.5, 0.6) is 17.2 Å². The molecule has 7 nitrogen and oxygen atoms in total. The van der Waals surface area contributed by atoms with Crippen molar-refractivity contribution in [2.45, 2.75) is 0 Å². The van der Waals surface area contributed by atoms with Gasteiger partial charge < -0.3 is 25.4 Å². The first-order valence-electron chi connectivity index (χ1n) is 6.17. The van der Waals surface area contributed by atoms with Crippen LogP contribution in [0.4, 0.5) is 5.69 Å². The van der Waals surface area contributed by atoms with E-state index in [0.717, 1.165) is 12.1 Å². The highest BCUT2D eigenvalue weighted by Crippen LogP contribution is 2.35. The SMILES string of the molecule is COC(=O)c1ccccc1NC(=O)c1cc(O)c(O)c(O)c1. The van der Waals surface area contributed by atoms with Crippen LogP contribution in [0.1, 0.15) is 20.7 Å². The monoisotopic (exact) mass is 303 g/mol. The summed E-state index contributed by atoms with van der Waals surface area (Å²) in [6.07, 6.45) is 0. The molecule has 0 unspecified atom stereocenters. The minimum atomic E-state index is -0.716. The number of anilines is 1. The first kappa shape index (κ1) is 15.2. The number of rotatable bonds is 3. The molecule has 1 amide bonds. The predicted molar refractivity (Wildman–Crippen MR) is 77.2 cm³/mol. The molecule has 7 heteroatoms. The third-order valence-electron chi connectivity index (χ3n) is 2.91. The molecule has 0 aliphatic heterocycles. The Morgan fingerprint density at radius 2 is 1.64 bits per heavy atom. The normalized spacial score (nSPS) is 10.0. The van der Waals surface area contributed by atoms with Crippen LogP contribution in [0.3, 0.4) is 0 Å². The van der Waals surface area contributed by atoms with Crippen LogP contribution < -0.4 is 5.32 Å². The zero-order valence-corrected chi connectivity index (χ0v) is 11.5. The highest BCUT2D eigenvalue weighted by atomic mass is 16.5. The summed E-state index contributed by atoms with van der Waals surface area (Å²) >= 11 is 0. The molecule has 4 N–H and O–H groups in total. The summed E-state index contributed by atoms with van der Waals surface area (Å²) in [5, 5.41) is 30.6. The molecule has 0 saturated carbocycles. The minimum absolute atomic E-state index is 0.0903. The van der Waals surface area contributed by atoms with Gasteiger partial charge in [0, 0.05) is 5.56 Å². The van der Waals surface area contributed by atoms with E-state index >= 15 is 0 Å². The number of phenols is 3. The average molecular weight is 303 g/mol. The zero-order chi connectivity index (χ0) is 16.3. The molecule has 0 radical (unpaired) electrons. The number of nitrogens with one attached hydrogen (secondary N) is 1. The van der Waals surface area contributed by atoms with Gasteiger partial charge in [0.2, 0.25) is 0 Å². The molecule has 0 spiro atoms. The van der Waals surface area contributed by atoms with Crippen LogP contribution in [-0.2, 0) is 4.74 Å². The van der Waals surface area contributed by atoms with Gasteiger partial charge in [0.25, 0.3) is 5.91 Å². The van der Waals surface area contributed by atoms with Gasteiger partial charge in [0.1, 0.15) is 0 Å². The van der Waals surface area contributed by atoms with Crippen molar-refractivity contribution in [3.63, 3.8) is 0 Å². The molecule has 0 saturated heterocycles. The van der Waals surface area contributed by atoms with Crippen molar-refractivity contribution in [2.75, 3.05) is 12.4 Å². The molecular formula is C15H13NO6. The van der Waals surface area contributed by atoms with Crippen LogP contribution >= 0.6 is 0 Å². The van der Waals surface area contributed by atoms with Crippen molar-refractivity contribution in [1.82, 2.24) is 0 Å². The van der Waals surface area contributed by atoms with Crippen molar-refractivity contribution in [1.29, 1.82) is 0 Å². The first-order chi connectivity index (χ1) is 10.4. The average Bonchev–Trinajstić information content (AvgIpc) is 2.51. The molecule has 2 rings (SSSR count). The number of esters is 1. The summed E-state index contributed by atoms with van der Waals surface area (Å²) in [5.41, 5.74) is 0.282. The lowest BCUT2D eigenvalue weighted by Gasteiger charge is -2.10. The molecule has 0 aliphatic rings. The molecule has 0 aromatic heterocycles. The Morgan fingerprint density at radius 1 is 1.05 bits per heavy atom. The number of amides is 1. The van der Waals surface area contributed by atoms with E-state index in [0.29, 0.717) is 0 Å². The molecule has 0 bridgehead atoms. The number of phenolic OH excluding ortho intramolecular Hbond substituents is 3. The maximum atomic E-state index is 12.1. The van der Waals surface area contributed by atoms with E-state index in [1.165, 1.54) is 19.2 Å². The molecule has 0 atom stereocenters. The molecular weight excluding hydrogens is 290 g/mol. The van der Waals surface area contributed by atoms with Gasteiger partial charge in [-0.05, 0) is 24.3 Å². The number of aromatic hydroxyl groups is 3. The van der Waals surface area contributed by atoms with Gasteiger partial charge in [0.05, 0.1) is 18.4 Å². The summed E-state index contributed by atoms with van der Waals surface area (Å²) in [7, 11) is 1.22. The summed E-state index contributed by atoms with van der Waals surface area (Å²) in [5.74, 6) is -3.28. The molecule has 0 heterocycles. The van der Waals surface area contributed by atoms with Crippen LogP contribution in [0.15, 0.2) is 36.4 Å². The summed E-state index contributed by atoms with van der Waals surface area (Å²) in [4.78, 5) is 23.7. The second-order valence-electron chi connectivity index (χ2n) is 4.35. The fourth-order valence-corrected chi connectivity index (χ4v) is 1.81. The Hall–Kier alpha value is -3.22. The van der Waals surface area contributed by atoms with Gasteiger partial charge in [-0.2, -0.15) is 0 Å². The Bertz CT molecular complexity index is 718. The summed E-state index contributed by atoms with van der Waals surface area (Å²) in [6.45, 7) is 0. The number of ether oxygens (including phenoxy) is 1. The fraction of sp³-hybridized carbons (Fsp3) is 0.0667. The lowest BCUT2D eigenvalue weighted by molar-refractivity contribution is 0.0602. The van der Waals surface area contributed by atoms with Crippen LogP contribution in [0.25, 0.3) is 0 Å². The van der Waals surface area contributed by atoms with E-state index in [1.807, 2.05) is 0 Å². The van der Waals surface area contributed by atoms with E-state index in [2.05, 4.69) is 10.1 Å². The van der Waals surface area contributed by atoms with Crippen molar-refractivity contribution >= 4 is 17.6 Å². The smallest absolute Gasteiger partial charge is 0.339 e. The molecule has 0 aliphatic carbocycles. The van der Waals surface area contributed by atoms with Crippen molar-refractivity contribution < 1.29 is 29.6 Å². The topological polar surface area (TPSA) is 116 Å². The second kappa shape index (κ2) is 6.04. The number of hydrogen-bond donors (Lipinski definition) is 4. The Morgan fingerprint density at radius 3 is 2.23 bits per heavy atom. The van der Waals surface area contributed by atoms with Crippen LogP contribution in [0.2, 0.25) is 0 Å². The first-order valence-corrected chi connectivity index (χ1v) is 6.17. The number of carbonyl (C=O) groups excluding carboxylic acids is 2. The highest BCUT2D eigenvalue weighted by molar-refractivity contribution is 6.08. The van der Waals surface area contributed by atoms with Crippen molar-refractivity contribution in [3.05, 3.63) is 47.5 Å². The van der Waals surface area contributed by atoms with Gasteiger partial charge in [-0.25, -0.2) is 4.79 Å². The quantitative estimate of drug-likeness (QED) is 0.508. The van der Waals surface area contributed by atoms with Crippen LogP contribution in [0, 0.1) is 0 Å². The Labute approximate surface area is 125 Å². The maximum absolute atomic E-state index is 12.1. The fourth-order valence-electron chi connectivity index (χ4n) is 1.81. The van der Waals surface area contributed by atoms with E-state index < -0.39 is 29.1 Å².